The standard InChI is InChI=1S/C23H23FN4O4/c24-16-3-1-15(2-4-16)21-22(30)27-23(26-21)7-9-28(10-8-23)14-20(29)25-17-5-6-18-19(13-17)32-12-11-31-18/h1-6,13H,7-12,14H2,(H,25,29)(H,27,30). The number of hydrogen-bond donors (Lipinski definition) is 2. The van der Waals surface area contributed by atoms with Gasteiger partial charge in [0.15, 0.2) is 11.5 Å². The molecule has 3 heterocycles. The van der Waals surface area contributed by atoms with Crippen LogP contribution < -0.4 is 20.1 Å². The number of ether oxygens (including phenoxy) is 2. The van der Waals surface area contributed by atoms with Crippen LogP contribution in [0, 0.1) is 5.82 Å². The van der Waals surface area contributed by atoms with Crippen LogP contribution in [0.2, 0.25) is 0 Å². The summed E-state index contributed by atoms with van der Waals surface area (Å²) in [6, 6.07) is 11.1. The molecule has 8 nitrogen and oxygen atoms in total. The zero-order valence-electron chi connectivity index (χ0n) is 17.4. The van der Waals surface area contributed by atoms with E-state index in [9.17, 15) is 14.0 Å². The highest BCUT2D eigenvalue weighted by Crippen LogP contribution is 2.33. The second-order valence-electron chi connectivity index (χ2n) is 8.14. The Labute approximate surface area is 184 Å². The first-order chi connectivity index (χ1) is 15.5. The molecule has 2 amide bonds. The van der Waals surface area contributed by atoms with Crippen LogP contribution in [0.4, 0.5) is 10.1 Å². The minimum absolute atomic E-state index is 0.122. The molecule has 1 fully saturated rings. The Morgan fingerprint density at radius 3 is 2.56 bits per heavy atom. The second-order valence-corrected chi connectivity index (χ2v) is 8.14. The first-order valence-electron chi connectivity index (χ1n) is 10.6. The molecular weight excluding hydrogens is 415 g/mol. The van der Waals surface area contributed by atoms with Crippen molar-refractivity contribution in [1.29, 1.82) is 0 Å². The van der Waals surface area contributed by atoms with E-state index in [1.807, 2.05) is 4.90 Å². The highest BCUT2D eigenvalue weighted by molar-refractivity contribution is 6.46. The number of rotatable bonds is 4. The number of carbonyl (C=O) groups excluding carboxylic acids is 2. The smallest absolute Gasteiger partial charge is 0.272 e. The van der Waals surface area contributed by atoms with Crippen LogP contribution >= 0.6 is 0 Å². The zero-order valence-corrected chi connectivity index (χ0v) is 17.4. The summed E-state index contributed by atoms with van der Waals surface area (Å²) < 4.78 is 24.2. The Kier molecular flexibility index (Phi) is 5.26. The van der Waals surface area contributed by atoms with Crippen molar-refractivity contribution in [3.05, 3.63) is 53.8 Å². The number of nitrogens with zero attached hydrogens (tertiary/aromatic N) is 2. The van der Waals surface area contributed by atoms with E-state index in [0.29, 0.717) is 67.6 Å². The number of carbonyl (C=O) groups is 2. The summed E-state index contributed by atoms with van der Waals surface area (Å²) in [6.45, 7) is 2.49. The number of halogens is 1. The molecule has 0 unspecified atom stereocenters. The summed E-state index contributed by atoms with van der Waals surface area (Å²) in [5.41, 5.74) is 0.921. The average molecular weight is 438 g/mol. The Bertz CT molecular complexity index is 1080. The third-order valence-electron chi connectivity index (χ3n) is 5.88. The molecule has 3 aliphatic rings. The van der Waals surface area contributed by atoms with Crippen LogP contribution in [0.3, 0.4) is 0 Å². The number of benzene rings is 2. The molecule has 0 saturated carbocycles. The van der Waals surface area contributed by atoms with Crippen LogP contribution in [-0.2, 0) is 9.59 Å². The molecule has 3 aliphatic heterocycles. The lowest BCUT2D eigenvalue weighted by Crippen LogP contribution is -2.52. The molecule has 5 rings (SSSR count). The fraction of sp³-hybridized carbons (Fsp3) is 0.348. The molecule has 32 heavy (non-hydrogen) atoms. The van der Waals surface area contributed by atoms with Gasteiger partial charge in [0, 0.05) is 43.2 Å². The number of likely N-dealkylation sites (tertiary alicyclic amines) is 1. The van der Waals surface area contributed by atoms with Crippen LogP contribution in [0.5, 0.6) is 11.5 Å². The van der Waals surface area contributed by atoms with Crippen molar-refractivity contribution in [3.63, 3.8) is 0 Å². The van der Waals surface area contributed by atoms with E-state index in [2.05, 4.69) is 15.6 Å². The van der Waals surface area contributed by atoms with Gasteiger partial charge in [-0.15, -0.1) is 0 Å². The van der Waals surface area contributed by atoms with Gasteiger partial charge in [0.05, 0.1) is 6.54 Å². The summed E-state index contributed by atoms with van der Waals surface area (Å²) in [4.78, 5) is 31.7. The van der Waals surface area contributed by atoms with E-state index >= 15 is 0 Å². The maximum atomic E-state index is 13.2. The van der Waals surface area contributed by atoms with Crippen molar-refractivity contribution in [1.82, 2.24) is 10.2 Å². The highest BCUT2D eigenvalue weighted by Gasteiger charge is 2.42. The van der Waals surface area contributed by atoms with Crippen molar-refractivity contribution in [2.24, 2.45) is 4.99 Å². The van der Waals surface area contributed by atoms with E-state index in [-0.39, 0.29) is 24.2 Å². The molecule has 0 aliphatic carbocycles. The summed E-state index contributed by atoms with van der Waals surface area (Å²) in [5, 5.41) is 5.88. The van der Waals surface area contributed by atoms with Gasteiger partial charge in [-0.25, -0.2) is 4.39 Å². The molecule has 1 saturated heterocycles. The molecular formula is C23H23FN4O4. The number of anilines is 1. The van der Waals surface area contributed by atoms with Gasteiger partial charge in [-0.05, 0) is 36.4 Å². The van der Waals surface area contributed by atoms with E-state index in [1.54, 1.807) is 30.3 Å². The maximum absolute atomic E-state index is 13.2. The molecule has 166 valence electrons. The topological polar surface area (TPSA) is 92.3 Å². The summed E-state index contributed by atoms with van der Waals surface area (Å²) in [7, 11) is 0. The summed E-state index contributed by atoms with van der Waals surface area (Å²) in [5.74, 6) is 0.575. The molecule has 0 aromatic heterocycles. The van der Waals surface area contributed by atoms with Crippen LogP contribution in [-0.4, -0.2) is 60.9 Å². The third kappa shape index (κ3) is 4.16. The minimum atomic E-state index is -0.663. The SMILES string of the molecule is O=C(CN1CCC2(CC1)N=C(c1ccc(F)cc1)C(=O)N2)Nc1ccc2c(c1)OCCO2. The van der Waals surface area contributed by atoms with Gasteiger partial charge >= 0.3 is 0 Å². The Morgan fingerprint density at radius 1 is 1.09 bits per heavy atom. The quantitative estimate of drug-likeness (QED) is 0.761. The first-order valence-corrected chi connectivity index (χ1v) is 10.6. The lowest BCUT2D eigenvalue weighted by Gasteiger charge is -2.36. The monoisotopic (exact) mass is 438 g/mol. The summed E-state index contributed by atoms with van der Waals surface area (Å²) >= 11 is 0. The zero-order chi connectivity index (χ0) is 22.1. The normalized spacial score (nSPS) is 19.4. The molecule has 1 spiro atoms. The van der Waals surface area contributed by atoms with Gasteiger partial charge < -0.3 is 20.1 Å². The number of nitrogens with one attached hydrogen (secondary N) is 2. The van der Waals surface area contributed by atoms with Gasteiger partial charge in [-0.3, -0.25) is 19.5 Å². The van der Waals surface area contributed by atoms with Crippen molar-refractivity contribution >= 4 is 23.2 Å². The molecule has 2 aromatic rings. The molecule has 2 aromatic carbocycles. The average Bonchev–Trinajstić information content (AvgIpc) is 3.11. The van der Waals surface area contributed by atoms with Gasteiger partial charge in [0.25, 0.3) is 5.91 Å². The highest BCUT2D eigenvalue weighted by atomic mass is 19.1. The van der Waals surface area contributed by atoms with Crippen LogP contribution in [0.15, 0.2) is 47.5 Å². The predicted octanol–water partition coefficient (Wildman–Crippen LogP) is 1.95. The Hall–Kier alpha value is -3.46. The minimum Gasteiger partial charge on any atom is -0.486 e. The molecule has 2 N–H and O–H groups in total. The molecule has 0 bridgehead atoms. The fourth-order valence-electron chi connectivity index (χ4n) is 4.21. The first kappa shape index (κ1) is 20.4. The van der Waals surface area contributed by atoms with Gasteiger partial charge in [0.2, 0.25) is 5.91 Å². The van der Waals surface area contributed by atoms with E-state index in [0.717, 1.165) is 0 Å². The number of piperidine rings is 1. The lowest BCUT2D eigenvalue weighted by molar-refractivity contribution is -0.119. The lowest BCUT2D eigenvalue weighted by atomic mass is 9.98. The third-order valence-corrected chi connectivity index (χ3v) is 5.88. The number of aliphatic imine (C=N–C) groups is 1. The summed E-state index contributed by atoms with van der Waals surface area (Å²) in [6.07, 6.45) is 1.20. The van der Waals surface area contributed by atoms with E-state index in [4.69, 9.17) is 9.47 Å². The maximum Gasteiger partial charge on any atom is 0.272 e. The van der Waals surface area contributed by atoms with Crippen molar-refractivity contribution in [2.45, 2.75) is 18.5 Å². The van der Waals surface area contributed by atoms with Crippen molar-refractivity contribution in [3.8, 4) is 11.5 Å². The molecule has 0 atom stereocenters. The predicted molar refractivity (Wildman–Crippen MR) is 116 cm³/mol. The van der Waals surface area contributed by atoms with Crippen LogP contribution in [0.25, 0.3) is 0 Å². The number of hydrogen-bond acceptors (Lipinski definition) is 6. The Morgan fingerprint density at radius 2 is 1.81 bits per heavy atom. The fourth-order valence-corrected chi connectivity index (χ4v) is 4.21. The van der Waals surface area contributed by atoms with Gasteiger partial charge in [-0.1, -0.05) is 0 Å². The largest absolute Gasteiger partial charge is 0.486 e. The van der Waals surface area contributed by atoms with Crippen LogP contribution in [0.1, 0.15) is 18.4 Å². The van der Waals surface area contributed by atoms with Gasteiger partial charge in [-0.2, -0.15) is 0 Å². The molecule has 0 radical (unpaired) electrons. The number of fused-ring (bicyclic) bond motifs is 1. The van der Waals surface area contributed by atoms with E-state index in [1.165, 1.54) is 12.1 Å². The number of amides is 2. The van der Waals surface area contributed by atoms with Crippen molar-refractivity contribution < 1.29 is 23.5 Å². The Balaban J connectivity index is 1.17. The second kappa shape index (κ2) is 8.23. The van der Waals surface area contributed by atoms with Gasteiger partial charge in [0.1, 0.15) is 30.4 Å². The van der Waals surface area contributed by atoms with E-state index < -0.39 is 5.66 Å². The molecule has 9 heteroatoms. The van der Waals surface area contributed by atoms with Crippen molar-refractivity contribution in [2.75, 3.05) is 38.2 Å².